The molecular formula is C10H9F3N4. The lowest BCUT2D eigenvalue weighted by Gasteiger charge is -2.10. The third-order valence-corrected chi connectivity index (χ3v) is 2.24. The molecule has 1 aromatic heterocycles. The summed E-state index contributed by atoms with van der Waals surface area (Å²) in [6.07, 6.45) is -4.59. The number of nitrogens with one attached hydrogen (secondary N) is 1. The summed E-state index contributed by atoms with van der Waals surface area (Å²) in [6, 6.07) is 4.92. The maximum atomic E-state index is 12.5. The first-order valence-electron chi connectivity index (χ1n) is 4.74. The van der Waals surface area contributed by atoms with Crippen molar-refractivity contribution in [3.05, 3.63) is 29.6 Å². The third kappa shape index (κ3) is 2.14. The zero-order valence-corrected chi connectivity index (χ0v) is 8.84. The molecule has 17 heavy (non-hydrogen) atoms. The van der Waals surface area contributed by atoms with Gasteiger partial charge >= 0.3 is 6.18 Å². The van der Waals surface area contributed by atoms with E-state index in [9.17, 15) is 13.2 Å². The molecule has 0 bridgehead atoms. The van der Waals surface area contributed by atoms with Crippen LogP contribution in [-0.4, -0.2) is 9.97 Å². The van der Waals surface area contributed by atoms with Crippen LogP contribution in [0.3, 0.4) is 0 Å². The van der Waals surface area contributed by atoms with Gasteiger partial charge in [-0.3, -0.25) is 0 Å². The number of nitrogens with two attached hydrogens (primary N) is 1. The molecule has 2 rings (SSSR count). The van der Waals surface area contributed by atoms with Crippen LogP contribution in [0.1, 0.15) is 11.4 Å². The Bertz CT molecular complexity index is 565. The number of nitrogen functional groups attached to an aromatic ring is 1. The van der Waals surface area contributed by atoms with Crippen LogP contribution in [0.25, 0.3) is 10.9 Å². The number of fused-ring (bicyclic) bond motifs is 1. The minimum Gasteiger partial charge on any atom is -0.308 e. The number of hydrogen-bond acceptors (Lipinski definition) is 4. The van der Waals surface area contributed by atoms with E-state index in [1.54, 1.807) is 25.1 Å². The van der Waals surface area contributed by atoms with Crippen molar-refractivity contribution in [3.8, 4) is 0 Å². The van der Waals surface area contributed by atoms with Crippen LogP contribution in [0.5, 0.6) is 0 Å². The molecule has 0 saturated carbocycles. The number of benzene rings is 1. The summed E-state index contributed by atoms with van der Waals surface area (Å²) in [5.74, 6) is 3.91. The first-order chi connectivity index (χ1) is 7.91. The first kappa shape index (κ1) is 11.6. The van der Waals surface area contributed by atoms with Crippen LogP contribution in [-0.2, 0) is 6.18 Å². The van der Waals surface area contributed by atoms with Crippen LogP contribution in [0.15, 0.2) is 18.2 Å². The lowest BCUT2D eigenvalue weighted by Crippen LogP contribution is -2.16. The van der Waals surface area contributed by atoms with E-state index in [1.165, 1.54) is 0 Å². The van der Waals surface area contributed by atoms with Crippen molar-refractivity contribution in [3.63, 3.8) is 0 Å². The van der Waals surface area contributed by atoms with Gasteiger partial charge < -0.3 is 5.43 Å². The number of aromatic nitrogens is 2. The van der Waals surface area contributed by atoms with E-state index >= 15 is 0 Å². The van der Waals surface area contributed by atoms with Gasteiger partial charge in [-0.2, -0.15) is 13.2 Å². The molecule has 4 nitrogen and oxygen atoms in total. The average Bonchev–Trinajstić information content (AvgIpc) is 2.25. The maximum absolute atomic E-state index is 12.5. The fourth-order valence-electron chi connectivity index (χ4n) is 1.48. The molecule has 0 saturated heterocycles. The van der Waals surface area contributed by atoms with Crippen LogP contribution in [0, 0.1) is 6.92 Å². The highest BCUT2D eigenvalue weighted by atomic mass is 19.4. The fourth-order valence-corrected chi connectivity index (χ4v) is 1.48. The smallest absolute Gasteiger partial charge is 0.308 e. The summed E-state index contributed by atoms with van der Waals surface area (Å²) >= 11 is 0. The Balaban J connectivity index is 2.76. The second kappa shape index (κ2) is 3.85. The van der Waals surface area contributed by atoms with Crippen LogP contribution >= 0.6 is 0 Å². The zero-order chi connectivity index (χ0) is 12.6. The van der Waals surface area contributed by atoms with E-state index in [1.807, 2.05) is 0 Å². The van der Waals surface area contributed by atoms with E-state index in [0.29, 0.717) is 5.39 Å². The van der Waals surface area contributed by atoms with Gasteiger partial charge in [0.05, 0.1) is 5.52 Å². The summed E-state index contributed by atoms with van der Waals surface area (Å²) in [5.41, 5.74) is 3.17. The summed E-state index contributed by atoms with van der Waals surface area (Å²) < 4.78 is 37.6. The first-order valence-corrected chi connectivity index (χ1v) is 4.74. The number of aryl methyl sites for hydroxylation is 1. The molecule has 2 aromatic rings. The van der Waals surface area contributed by atoms with Gasteiger partial charge in [-0.05, 0) is 24.6 Å². The number of anilines is 1. The van der Waals surface area contributed by atoms with Crippen LogP contribution in [0.2, 0.25) is 0 Å². The molecule has 0 unspecified atom stereocenters. The topological polar surface area (TPSA) is 63.8 Å². The summed E-state index contributed by atoms with van der Waals surface area (Å²) in [5, 5.41) is 0.450. The molecule has 0 aliphatic rings. The van der Waals surface area contributed by atoms with Gasteiger partial charge in [0, 0.05) is 5.39 Å². The number of hydrogen-bond donors (Lipinski definition) is 2. The van der Waals surface area contributed by atoms with Crippen molar-refractivity contribution in [2.45, 2.75) is 13.1 Å². The van der Waals surface area contributed by atoms with E-state index in [2.05, 4.69) is 15.4 Å². The Labute approximate surface area is 94.6 Å². The number of halogens is 3. The molecule has 0 fully saturated rings. The highest BCUT2D eigenvalue weighted by Gasteiger charge is 2.35. The molecule has 90 valence electrons. The quantitative estimate of drug-likeness (QED) is 0.594. The highest BCUT2D eigenvalue weighted by Crippen LogP contribution is 2.30. The molecule has 7 heteroatoms. The number of rotatable bonds is 1. The number of hydrazine groups is 1. The molecule has 1 aromatic carbocycles. The lowest BCUT2D eigenvalue weighted by molar-refractivity contribution is -0.144. The molecule has 0 aliphatic carbocycles. The highest BCUT2D eigenvalue weighted by molar-refractivity contribution is 5.89. The van der Waals surface area contributed by atoms with Crippen LogP contribution < -0.4 is 11.3 Å². The number of alkyl halides is 3. The zero-order valence-electron chi connectivity index (χ0n) is 8.84. The van der Waals surface area contributed by atoms with Crippen molar-refractivity contribution in [2.24, 2.45) is 5.84 Å². The van der Waals surface area contributed by atoms with Crippen molar-refractivity contribution in [1.29, 1.82) is 0 Å². The van der Waals surface area contributed by atoms with Gasteiger partial charge in [-0.1, -0.05) is 6.07 Å². The third-order valence-electron chi connectivity index (χ3n) is 2.24. The van der Waals surface area contributed by atoms with Gasteiger partial charge in [0.25, 0.3) is 0 Å². The minimum absolute atomic E-state index is 0.0395. The predicted molar refractivity (Wildman–Crippen MR) is 57.1 cm³/mol. The van der Waals surface area contributed by atoms with Gasteiger partial charge in [0.15, 0.2) is 5.82 Å². The molecule has 0 aliphatic heterocycles. The van der Waals surface area contributed by atoms with E-state index in [4.69, 9.17) is 5.84 Å². The van der Waals surface area contributed by atoms with Gasteiger partial charge in [0.2, 0.25) is 5.82 Å². The van der Waals surface area contributed by atoms with E-state index < -0.39 is 12.0 Å². The largest absolute Gasteiger partial charge is 0.451 e. The maximum Gasteiger partial charge on any atom is 0.451 e. The predicted octanol–water partition coefficient (Wildman–Crippen LogP) is 2.24. The molecule has 3 N–H and O–H groups in total. The van der Waals surface area contributed by atoms with Crippen molar-refractivity contribution < 1.29 is 13.2 Å². The lowest BCUT2D eigenvalue weighted by atomic mass is 10.1. The Kier molecular flexibility index (Phi) is 2.62. The monoisotopic (exact) mass is 242 g/mol. The number of nitrogens with zero attached hydrogens (tertiary/aromatic N) is 2. The van der Waals surface area contributed by atoms with Crippen LogP contribution in [0.4, 0.5) is 19.0 Å². The second-order valence-corrected chi connectivity index (χ2v) is 3.56. The standard InChI is InChI=1S/C10H9F3N4/c1-5-2-3-6-7(4-5)15-9(10(11,12)13)16-8(6)17-14/h2-4H,14H2,1H3,(H,15,16,17). The summed E-state index contributed by atoms with van der Waals surface area (Å²) in [6.45, 7) is 1.77. The van der Waals surface area contributed by atoms with E-state index in [-0.39, 0.29) is 11.3 Å². The Hall–Kier alpha value is -1.89. The summed E-state index contributed by atoms with van der Waals surface area (Å²) in [7, 11) is 0. The summed E-state index contributed by atoms with van der Waals surface area (Å²) in [4.78, 5) is 6.83. The average molecular weight is 242 g/mol. The van der Waals surface area contributed by atoms with Crippen molar-refractivity contribution >= 4 is 16.7 Å². The van der Waals surface area contributed by atoms with Gasteiger partial charge in [-0.15, -0.1) is 0 Å². The second-order valence-electron chi connectivity index (χ2n) is 3.56. The Morgan fingerprint density at radius 1 is 1.24 bits per heavy atom. The minimum atomic E-state index is -4.59. The van der Waals surface area contributed by atoms with Gasteiger partial charge in [-0.25, -0.2) is 15.8 Å². The Morgan fingerprint density at radius 2 is 1.94 bits per heavy atom. The van der Waals surface area contributed by atoms with Crippen molar-refractivity contribution in [1.82, 2.24) is 9.97 Å². The SMILES string of the molecule is Cc1ccc2c(NN)nc(C(F)(F)F)nc2c1. The molecule has 0 radical (unpaired) electrons. The Morgan fingerprint density at radius 3 is 2.53 bits per heavy atom. The molecular weight excluding hydrogens is 233 g/mol. The van der Waals surface area contributed by atoms with Gasteiger partial charge in [0.1, 0.15) is 0 Å². The van der Waals surface area contributed by atoms with Crippen molar-refractivity contribution in [2.75, 3.05) is 5.43 Å². The molecule has 0 atom stereocenters. The normalized spacial score (nSPS) is 11.8. The molecule has 1 heterocycles. The van der Waals surface area contributed by atoms with E-state index in [0.717, 1.165) is 5.56 Å². The molecule has 0 amide bonds. The molecule has 0 spiro atoms. The fraction of sp³-hybridized carbons (Fsp3) is 0.200.